The topological polar surface area (TPSA) is 96.4 Å². The summed E-state index contributed by atoms with van der Waals surface area (Å²) in [5.41, 5.74) is 6.01. The maximum Gasteiger partial charge on any atom is 0.405 e. The minimum atomic E-state index is -0.725. The van der Waals surface area contributed by atoms with Gasteiger partial charge in [0.15, 0.2) is 0 Å². The third-order valence-corrected chi connectivity index (χ3v) is 4.95. The van der Waals surface area contributed by atoms with Crippen molar-refractivity contribution < 1.29 is 14.3 Å². The molecule has 0 spiro atoms. The van der Waals surface area contributed by atoms with Crippen molar-refractivity contribution in [3.8, 4) is 5.75 Å². The highest BCUT2D eigenvalue weighted by molar-refractivity contribution is 6.06. The van der Waals surface area contributed by atoms with Crippen LogP contribution in [0.3, 0.4) is 0 Å². The van der Waals surface area contributed by atoms with Crippen LogP contribution in [0.15, 0.2) is 42.0 Å². The van der Waals surface area contributed by atoms with Crippen molar-refractivity contribution in [2.24, 2.45) is 18.7 Å². The van der Waals surface area contributed by atoms with E-state index in [0.29, 0.717) is 17.9 Å². The Bertz CT molecular complexity index is 1190. The summed E-state index contributed by atoms with van der Waals surface area (Å²) in [6.45, 7) is 14.3. The Kier molecular flexibility index (Phi) is 8.63. The number of hydrogen-bond acceptors (Lipinski definition) is 5. The van der Waals surface area contributed by atoms with E-state index in [1.807, 2.05) is 18.2 Å². The quantitative estimate of drug-likeness (QED) is 0.397. The largest absolute Gasteiger partial charge is 0.493 e. The van der Waals surface area contributed by atoms with Gasteiger partial charge in [0.25, 0.3) is 5.56 Å². The number of pyridine rings is 2. The van der Waals surface area contributed by atoms with Crippen molar-refractivity contribution in [3.63, 3.8) is 0 Å². The van der Waals surface area contributed by atoms with E-state index in [1.165, 1.54) is 0 Å². The number of benzene rings is 1. The molecule has 0 saturated heterocycles. The molecule has 0 aliphatic heterocycles. The van der Waals surface area contributed by atoms with Crippen molar-refractivity contribution in [3.05, 3.63) is 53.1 Å². The summed E-state index contributed by atoms with van der Waals surface area (Å²) in [7, 11) is 1.78. The number of primary amides is 1. The Morgan fingerprint density at radius 3 is 2.48 bits per heavy atom. The molecule has 2 heterocycles. The molecular weight excluding hydrogens is 418 g/mol. The van der Waals surface area contributed by atoms with Crippen LogP contribution in [0, 0.1) is 5.92 Å². The van der Waals surface area contributed by atoms with Crippen molar-refractivity contribution in [2.75, 3.05) is 6.61 Å². The summed E-state index contributed by atoms with van der Waals surface area (Å²) in [4.78, 5) is 26.7. The van der Waals surface area contributed by atoms with Gasteiger partial charge in [0.1, 0.15) is 11.4 Å². The maximum absolute atomic E-state index is 12.6. The monoisotopic (exact) mass is 453 g/mol. The molecule has 0 atom stereocenters. The SMILES string of the molecule is C=Cc1cc2c3ccncc3c(=O)n(C)c2cc1OCCCC(C)C.CC(C)(C)OC(N)=O. The van der Waals surface area contributed by atoms with Crippen molar-refractivity contribution in [1.29, 1.82) is 0 Å². The predicted octanol–water partition coefficient (Wildman–Crippen LogP) is 5.42. The van der Waals surface area contributed by atoms with E-state index >= 15 is 0 Å². The van der Waals surface area contributed by atoms with E-state index < -0.39 is 11.7 Å². The number of nitrogens with zero attached hydrogens (tertiary/aromatic N) is 2. The van der Waals surface area contributed by atoms with Gasteiger partial charge in [0, 0.05) is 36.5 Å². The number of carbonyl (C=O) groups is 1. The number of nitrogens with two attached hydrogens (primary N) is 1. The van der Waals surface area contributed by atoms with Crippen LogP contribution in [-0.2, 0) is 11.8 Å². The van der Waals surface area contributed by atoms with Crippen LogP contribution in [0.4, 0.5) is 4.79 Å². The standard InChI is InChI=1S/C21H24N2O2.C5H11NO2/c1-5-15-11-17-16-8-9-22-13-18(16)21(24)23(4)19(17)12-20(15)25-10-6-7-14(2)3;1-5(2,3)8-4(6)7/h5,8-9,11-14H,1,6-7,10H2,2-4H3;1-3H3,(H2,6,7). The number of ether oxygens (including phenoxy) is 2. The van der Waals surface area contributed by atoms with Crippen LogP contribution >= 0.6 is 0 Å². The van der Waals surface area contributed by atoms with Crippen LogP contribution in [0.2, 0.25) is 0 Å². The fraction of sp³-hybridized carbons (Fsp3) is 0.423. The molecule has 7 heteroatoms. The molecule has 2 aromatic heterocycles. The van der Waals surface area contributed by atoms with E-state index in [-0.39, 0.29) is 5.56 Å². The first-order valence-electron chi connectivity index (χ1n) is 11.1. The maximum atomic E-state index is 12.6. The van der Waals surface area contributed by atoms with Crippen LogP contribution in [0.5, 0.6) is 5.75 Å². The van der Waals surface area contributed by atoms with Gasteiger partial charge in [-0.15, -0.1) is 0 Å². The number of rotatable bonds is 6. The van der Waals surface area contributed by atoms with Crippen LogP contribution in [0.25, 0.3) is 27.8 Å². The van der Waals surface area contributed by atoms with Gasteiger partial charge in [0.05, 0.1) is 17.5 Å². The molecule has 7 nitrogen and oxygen atoms in total. The average molecular weight is 454 g/mol. The van der Waals surface area contributed by atoms with Crippen molar-refractivity contribution in [1.82, 2.24) is 9.55 Å². The van der Waals surface area contributed by atoms with Gasteiger partial charge in [0.2, 0.25) is 0 Å². The van der Waals surface area contributed by atoms with Gasteiger partial charge < -0.3 is 19.8 Å². The third kappa shape index (κ3) is 7.07. The zero-order valence-corrected chi connectivity index (χ0v) is 20.5. The number of aryl methyl sites for hydroxylation is 1. The van der Waals surface area contributed by atoms with Crippen LogP contribution in [-0.4, -0.2) is 27.9 Å². The number of amides is 1. The Labute approximate surface area is 195 Å². The van der Waals surface area contributed by atoms with Gasteiger partial charge in [-0.2, -0.15) is 0 Å². The molecular formula is C26H35N3O4. The zero-order chi connectivity index (χ0) is 24.8. The zero-order valence-electron chi connectivity index (χ0n) is 20.5. The minimum absolute atomic E-state index is 0.0484. The Hall–Kier alpha value is -3.35. The third-order valence-electron chi connectivity index (χ3n) is 4.95. The molecule has 0 saturated carbocycles. The lowest BCUT2D eigenvalue weighted by atomic mass is 10.0. The normalized spacial score (nSPS) is 11.2. The van der Waals surface area contributed by atoms with E-state index in [2.05, 4.69) is 30.1 Å². The molecule has 0 radical (unpaired) electrons. The Morgan fingerprint density at radius 2 is 1.94 bits per heavy atom. The molecule has 33 heavy (non-hydrogen) atoms. The fourth-order valence-electron chi connectivity index (χ4n) is 3.43. The highest BCUT2D eigenvalue weighted by atomic mass is 16.6. The highest BCUT2D eigenvalue weighted by Gasteiger charge is 2.13. The summed E-state index contributed by atoms with van der Waals surface area (Å²) in [5, 5.41) is 2.53. The lowest BCUT2D eigenvalue weighted by Gasteiger charge is -2.16. The van der Waals surface area contributed by atoms with Gasteiger partial charge in [-0.1, -0.05) is 26.5 Å². The Balaban J connectivity index is 0.000000414. The highest BCUT2D eigenvalue weighted by Crippen LogP contribution is 2.30. The van der Waals surface area contributed by atoms with Gasteiger partial charge in [-0.25, -0.2) is 4.79 Å². The lowest BCUT2D eigenvalue weighted by molar-refractivity contribution is 0.0600. The smallest absolute Gasteiger partial charge is 0.405 e. The average Bonchev–Trinajstić information content (AvgIpc) is 2.73. The summed E-state index contributed by atoms with van der Waals surface area (Å²) in [5.74, 6) is 1.44. The molecule has 3 rings (SSSR count). The second kappa shape index (κ2) is 11.0. The number of fused-ring (bicyclic) bond motifs is 3. The summed E-state index contributed by atoms with van der Waals surface area (Å²) in [6, 6.07) is 5.87. The first kappa shape index (κ1) is 25.9. The molecule has 0 bridgehead atoms. The second-order valence-electron chi connectivity index (χ2n) is 9.31. The number of hydrogen-bond donors (Lipinski definition) is 1. The summed E-state index contributed by atoms with van der Waals surface area (Å²) in [6.07, 6.45) is 6.56. The van der Waals surface area contributed by atoms with Gasteiger partial charge in [-0.05, 0) is 57.0 Å². The molecule has 0 fully saturated rings. The summed E-state index contributed by atoms with van der Waals surface area (Å²) < 4.78 is 12.2. The first-order chi connectivity index (χ1) is 15.4. The molecule has 1 aromatic carbocycles. The minimum Gasteiger partial charge on any atom is -0.493 e. The molecule has 3 aromatic rings. The number of aromatic nitrogens is 2. The molecule has 2 N–H and O–H groups in total. The Morgan fingerprint density at radius 1 is 1.24 bits per heavy atom. The molecule has 0 aliphatic carbocycles. The van der Waals surface area contributed by atoms with E-state index in [0.717, 1.165) is 40.4 Å². The van der Waals surface area contributed by atoms with E-state index in [4.69, 9.17) is 10.5 Å². The molecule has 0 aliphatic rings. The first-order valence-corrected chi connectivity index (χ1v) is 11.1. The van der Waals surface area contributed by atoms with Crippen LogP contribution in [0.1, 0.15) is 53.0 Å². The fourth-order valence-corrected chi connectivity index (χ4v) is 3.43. The molecule has 0 unspecified atom stereocenters. The van der Waals surface area contributed by atoms with E-state index in [1.54, 1.807) is 50.9 Å². The summed E-state index contributed by atoms with van der Waals surface area (Å²) >= 11 is 0. The van der Waals surface area contributed by atoms with Crippen LogP contribution < -0.4 is 16.0 Å². The molecule has 1 amide bonds. The second-order valence-corrected chi connectivity index (χ2v) is 9.31. The molecule has 178 valence electrons. The predicted molar refractivity (Wildman–Crippen MR) is 135 cm³/mol. The van der Waals surface area contributed by atoms with Gasteiger partial charge in [-0.3, -0.25) is 9.78 Å². The van der Waals surface area contributed by atoms with E-state index in [9.17, 15) is 9.59 Å². The van der Waals surface area contributed by atoms with Crippen molar-refractivity contribution >= 4 is 33.8 Å². The van der Waals surface area contributed by atoms with Crippen molar-refractivity contribution in [2.45, 2.75) is 53.1 Å². The lowest BCUT2D eigenvalue weighted by Crippen LogP contribution is -2.27. The number of carbonyl (C=O) groups excluding carboxylic acids is 1. The van der Waals surface area contributed by atoms with Gasteiger partial charge >= 0.3 is 6.09 Å².